The van der Waals surface area contributed by atoms with E-state index >= 15 is 0 Å². The second-order valence-corrected chi connectivity index (χ2v) is 6.64. The zero-order valence-corrected chi connectivity index (χ0v) is 14.9. The highest BCUT2D eigenvalue weighted by Gasteiger charge is 2.33. The summed E-state index contributed by atoms with van der Waals surface area (Å²) in [7, 11) is 1.94. The molecule has 1 aliphatic heterocycles. The number of halogens is 1. The number of hydrogen-bond acceptors (Lipinski definition) is 4. The van der Waals surface area contributed by atoms with Gasteiger partial charge in [0.05, 0.1) is 23.0 Å². The maximum absolute atomic E-state index is 12.1. The van der Waals surface area contributed by atoms with Crippen LogP contribution in [0.25, 0.3) is 0 Å². The van der Waals surface area contributed by atoms with Crippen LogP contribution in [0.4, 0.5) is 0 Å². The molecule has 1 aliphatic rings. The molecule has 0 radical (unpaired) electrons. The molecule has 1 amide bonds. The molecule has 1 saturated heterocycles. The third-order valence-corrected chi connectivity index (χ3v) is 4.73. The van der Waals surface area contributed by atoms with Gasteiger partial charge in [-0.15, -0.1) is 0 Å². The first-order valence-corrected chi connectivity index (χ1v) is 8.40. The molecule has 0 saturated carbocycles. The summed E-state index contributed by atoms with van der Waals surface area (Å²) in [5.74, 6) is 0.164. The zero-order chi connectivity index (χ0) is 17.3. The molecule has 8 heteroatoms. The van der Waals surface area contributed by atoms with E-state index in [0.29, 0.717) is 18.2 Å². The molecule has 3 rings (SSSR count). The minimum Gasteiger partial charge on any atom is -0.373 e. The Labute approximate surface area is 145 Å². The molecular weight excluding hydrogens is 330 g/mol. The number of hydrogen-bond donors (Lipinski definition) is 1. The fourth-order valence-electron chi connectivity index (χ4n) is 3.24. The van der Waals surface area contributed by atoms with Gasteiger partial charge in [0.25, 0.3) is 0 Å². The third-order valence-electron chi connectivity index (χ3n) is 4.53. The quantitative estimate of drug-likeness (QED) is 0.891. The summed E-state index contributed by atoms with van der Waals surface area (Å²) in [4.78, 5) is 12.1. The summed E-state index contributed by atoms with van der Waals surface area (Å²) in [6.07, 6.45) is 4.05. The van der Waals surface area contributed by atoms with Gasteiger partial charge in [-0.3, -0.25) is 14.2 Å². The summed E-state index contributed by atoms with van der Waals surface area (Å²) in [6.45, 7) is 5.49. The van der Waals surface area contributed by atoms with Crippen LogP contribution in [0.15, 0.2) is 12.4 Å². The van der Waals surface area contributed by atoms with Gasteiger partial charge in [0.2, 0.25) is 5.91 Å². The number of ether oxygens (including phenoxy) is 1. The Hall–Kier alpha value is -1.86. The molecule has 3 heterocycles. The van der Waals surface area contributed by atoms with Crippen LogP contribution in [-0.2, 0) is 23.1 Å². The van der Waals surface area contributed by atoms with Gasteiger partial charge in [-0.1, -0.05) is 11.6 Å². The van der Waals surface area contributed by atoms with Gasteiger partial charge in [0.1, 0.15) is 6.54 Å². The van der Waals surface area contributed by atoms with Crippen molar-refractivity contribution in [2.24, 2.45) is 13.0 Å². The average molecular weight is 352 g/mol. The summed E-state index contributed by atoms with van der Waals surface area (Å²) in [6, 6.07) is 0. The normalized spacial score (nSPS) is 20.5. The Morgan fingerprint density at radius 2 is 2.29 bits per heavy atom. The number of aryl methyl sites for hydroxylation is 2. The summed E-state index contributed by atoms with van der Waals surface area (Å²) < 4.78 is 9.34. The highest BCUT2D eigenvalue weighted by molar-refractivity contribution is 6.30. The molecule has 7 nitrogen and oxygen atoms in total. The molecule has 0 aliphatic carbocycles. The smallest absolute Gasteiger partial charge is 0.241 e. The Morgan fingerprint density at radius 1 is 1.50 bits per heavy atom. The highest BCUT2D eigenvalue weighted by atomic mass is 35.5. The summed E-state index contributed by atoms with van der Waals surface area (Å²) in [5, 5.41) is 12.0. The Kier molecular flexibility index (Phi) is 4.91. The largest absolute Gasteiger partial charge is 0.373 e. The van der Waals surface area contributed by atoms with Crippen molar-refractivity contribution in [1.82, 2.24) is 24.9 Å². The Balaban J connectivity index is 1.61. The van der Waals surface area contributed by atoms with Crippen LogP contribution in [0.3, 0.4) is 0 Å². The molecule has 2 atom stereocenters. The van der Waals surface area contributed by atoms with Crippen LogP contribution in [0.5, 0.6) is 0 Å². The van der Waals surface area contributed by atoms with Crippen molar-refractivity contribution in [3.63, 3.8) is 0 Å². The standard InChI is InChI=1S/C16H22ClN5O2/c1-10-15(11(2)21(3)20-10)16-12(4-5-24-16)6-18-14(23)9-22-8-13(17)7-19-22/h7-8,12,16H,4-6,9H2,1-3H3,(H,18,23)/t12-,16+/m1/s1. The van der Waals surface area contributed by atoms with Crippen LogP contribution in [0.1, 0.15) is 29.5 Å². The maximum Gasteiger partial charge on any atom is 0.241 e. The van der Waals surface area contributed by atoms with Crippen LogP contribution in [0, 0.1) is 19.8 Å². The molecule has 0 bridgehead atoms. The topological polar surface area (TPSA) is 74.0 Å². The van der Waals surface area contributed by atoms with E-state index in [1.54, 1.807) is 6.20 Å². The molecule has 24 heavy (non-hydrogen) atoms. The molecule has 2 aromatic rings. The van der Waals surface area contributed by atoms with E-state index in [1.165, 1.54) is 10.9 Å². The van der Waals surface area contributed by atoms with E-state index < -0.39 is 0 Å². The fraction of sp³-hybridized carbons (Fsp3) is 0.562. The predicted molar refractivity (Wildman–Crippen MR) is 89.7 cm³/mol. The molecule has 130 valence electrons. The van der Waals surface area contributed by atoms with E-state index in [0.717, 1.165) is 23.4 Å². The second-order valence-electron chi connectivity index (χ2n) is 6.21. The molecular formula is C16H22ClN5O2. The summed E-state index contributed by atoms with van der Waals surface area (Å²) in [5.41, 5.74) is 3.25. The Morgan fingerprint density at radius 3 is 2.92 bits per heavy atom. The van der Waals surface area contributed by atoms with Crippen molar-refractivity contribution in [2.45, 2.75) is 32.9 Å². The maximum atomic E-state index is 12.1. The number of rotatable bonds is 5. The number of nitrogens with one attached hydrogen (secondary N) is 1. The van der Waals surface area contributed by atoms with Gasteiger partial charge in [-0.2, -0.15) is 10.2 Å². The second kappa shape index (κ2) is 6.94. The zero-order valence-electron chi connectivity index (χ0n) is 14.1. The first-order chi connectivity index (χ1) is 11.5. The number of aromatic nitrogens is 4. The molecule has 1 fully saturated rings. The van der Waals surface area contributed by atoms with E-state index in [1.807, 2.05) is 25.6 Å². The highest BCUT2D eigenvalue weighted by Crippen LogP contribution is 2.37. The van der Waals surface area contributed by atoms with Crippen LogP contribution in [0.2, 0.25) is 5.02 Å². The van der Waals surface area contributed by atoms with Gasteiger partial charge in [0.15, 0.2) is 0 Å². The number of carbonyl (C=O) groups excluding carboxylic acids is 1. The van der Waals surface area contributed by atoms with Gasteiger partial charge >= 0.3 is 0 Å². The van der Waals surface area contributed by atoms with Gasteiger partial charge in [0, 0.05) is 43.6 Å². The van der Waals surface area contributed by atoms with Crippen molar-refractivity contribution in [1.29, 1.82) is 0 Å². The van der Waals surface area contributed by atoms with Crippen molar-refractivity contribution in [3.05, 3.63) is 34.4 Å². The average Bonchev–Trinajstić information content (AvgIpc) is 3.19. The van der Waals surface area contributed by atoms with Crippen molar-refractivity contribution < 1.29 is 9.53 Å². The Bertz CT molecular complexity index is 739. The molecule has 1 N–H and O–H groups in total. The van der Waals surface area contributed by atoms with Crippen molar-refractivity contribution >= 4 is 17.5 Å². The third kappa shape index (κ3) is 3.47. The van der Waals surface area contributed by atoms with Crippen LogP contribution < -0.4 is 5.32 Å². The van der Waals surface area contributed by atoms with Crippen LogP contribution >= 0.6 is 11.6 Å². The van der Waals surface area contributed by atoms with Gasteiger partial charge in [-0.05, 0) is 20.3 Å². The van der Waals surface area contributed by atoms with Gasteiger partial charge < -0.3 is 10.1 Å². The lowest BCUT2D eigenvalue weighted by atomic mass is 9.94. The lowest BCUT2D eigenvalue weighted by Gasteiger charge is -2.20. The van der Waals surface area contributed by atoms with Crippen LogP contribution in [-0.4, -0.2) is 38.6 Å². The minimum absolute atomic E-state index is 0.0156. The van der Waals surface area contributed by atoms with E-state index in [9.17, 15) is 4.79 Å². The molecule has 0 aromatic carbocycles. The number of nitrogens with zero attached hydrogens (tertiary/aromatic N) is 4. The number of amides is 1. The van der Waals surface area contributed by atoms with E-state index in [-0.39, 0.29) is 24.5 Å². The number of carbonyl (C=O) groups is 1. The lowest BCUT2D eigenvalue weighted by molar-refractivity contribution is -0.122. The molecule has 0 unspecified atom stereocenters. The van der Waals surface area contributed by atoms with Crippen molar-refractivity contribution in [2.75, 3.05) is 13.2 Å². The van der Waals surface area contributed by atoms with E-state index in [2.05, 4.69) is 15.5 Å². The monoisotopic (exact) mass is 351 g/mol. The fourth-order valence-corrected chi connectivity index (χ4v) is 3.39. The first-order valence-electron chi connectivity index (χ1n) is 8.02. The predicted octanol–water partition coefficient (Wildman–Crippen LogP) is 1.78. The molecule has 2 aromatic heterocycles. The molecule has 0 spiro atoms. The SMILES string of the molecule is Cc1nn(C)c(C)c1[C@H]1OCC[C@@H]1CNC(=O)Cn1cc(Cl)cn1. The van der Waals surface area contributed by atoms with Gasteiger partial charge in [-0.25, -0.2) is 0 Å². The first kappa shape index (κ1) is 17.0. The van der Waals surface area contributed by atoms with E-state index in [4.69, 9.17) is 16.3 Å². The minimum atomic E-state index is -0.0833. The van der Waals surface area contributed by atoms with Crippen molar-refractivity contribution in [3.8, 4) is 0 Å². The summed E-state index contributed by atoms with van der Waals surface area (Å²) >= 11 is 5.80. The lowest BCUT2D eigenvalue weighted by Crippen LogP contribution is -2.33.